The maximum atomic E-state index is 12.1. The van der Waals surface area contributed by atoms with Gasteiger partial charge in [0.1, 0.15) is 26.2 Å². The van der Waals surface area contributed by atoms with Gasteiger partial charge in [-0.2, -0.15) is 0 Å². The fourth-order valence-electron chi connectivity index (χ4n) is 5.05. The Morgan fingerprint density at radius 3 is 2.00 bits per heavy atom. The first kappa shape index (κ1) is 33.4. The third kappa shape index (κ3) is 19.2. The maximum Gasteiger partial charge on any atom is 0.305 e. The van der Waals surface area contributed by atoms with Gasteiger partial charge in [0, 0.05) is 12.8 Å². The van der Waals surface area contributed by atoms with Crippen molar-refractivity contribution in [1.29, 1.82) is 0 Å². The molecule has 4 heteroatoms. The highest BCUT2D eigenvalue weighted by Crippen LogP contribution is 2.13. The third-order valence-electron chi connectivity index (χ3n) is 7.45. The summed E-state index contributed by atoms with van der Waals surface area (Å²) in [6.45, 7) is 7.95. The molecule has 0 atom stereocenters. The van der Waals surface area contributed by atoms with E-state index in [9.17, 15) is 4.79 Å². The van der Waals surface area contributed by atoms with Gasteiger partial charge in [0.05, 0.1) is 7.05 Å². The molecule has 0 aliphatic carbocycles. The topological polar surface area (TPSA) is 32.5 Å². The Kier molecular flexibility index (Phi) is 22.4. The Balaban J connectivity index is 2.01. The minimum absolute atomic E-state index is 0.0219. The summed E-state index contributed by atoms with van der Waals surface area (Å²) in [5, 5.41) is 0. The van der Waals surface area contributed by atoms with Crippen LogP contribution < -0.4 is 0 Å². The number of carbonyl (C=O) groups is 1. The molecule has 0 saturated heterocycles. The Hall–Kier alpha value is -1.58. The molecule has 0 saturated carbocycles. The van der Waals surface area contributed by atoms with E-state index >= 15 is 0 Å². The lowest BCUT2D eigenvalue weighted by atomic mass is 10.1. The molecule has 0 amide bonds. The maximum absolute atomic E-state index is 12.1. The van der Waals surface area contributed by atoms with Crippen molar-refractivity contribution in [2.45, 2.75) is 142 Å². The third-order valence-corrected chi connectivity index (χ3v) is 7.45. The molecule has 0 N–H and O–H groups in total. The van der Waals surface area contributed by atoms with E-state index in [4.69, 9.17) is 4.74 Å². The van der Waals surface area contributed by atoms with Crippen LogP contribution in [-0.4, -0.2) is 54.6 Å². The fourth-order valence-corrected chi connectivity index (χ4v) is 5.05. The lowest BCUT2D eigenvalue weighted by Gasteiger charge is -2.14. The van der Waals surface area contributed by atoms with Crippen LogP contribution in [0.2, 0.25) is 0 Å². The SMILES string of the molecule is CCC=CCCCCCCCC(=O)OCCN1CC[N+](C)=C1CCCCCCCC=CCCCCCC. The van der Waals surface area contributed by atoms with E-state index in [1.54, 1.807) is 0 Å². The molecular formula is C33H61N2O2+. The van der Waals surface area contributed by atoms with Crippen molar-refractivity contribution in [3.8, 4) is 0 Å². The van der Waals surface area contributed by atoms with Gasteiger partial charge in [-0.05, 0) is 57.8 Å². The summed E-state index contributed by atoms with van der Waals surface area (Å²) in [7, 11) is 2.20. The average molecular weight is 518 g/mol. The summed E-state index contributed by atoms with van der Waals surface area (Å²) in [6, 6.07) is 0. The van der Waals surface area contributed by atoms with Crippen LogP contribution in [0.25, 0.3) is 0 Å². The number of nitrogens with zero attached hydrogens (tertiary/aromatic N) is 2. The second-order valence-electron chi connectivity index (χ2n) is 10.9. The molecule has 1 rings (SSSR count). The summed E-state index contributed by atoms with van der Waals surface area (Å²) in [6.07, 6.45) is 33.8. The molecule has 0 aromatic carbocycles. The zero-order valence-corrected chi connectivity index (χ0v) is 25.0. The van der Waals surface area contributed by atoms with Crippen LogP contribution in [-0.2, 0) is 9.53 Å². The number of carbonyl (C=O) groups excluding carboxylic acids is 1. The lowest BCUT2D eigenvalue weighted by Crippen LogP contribution is -2.32. The molecule has 37 heavy (non-hydrogen) atoms. The van der Waals surface area contributed by atoms with Crippen LogP contribution in [0.15, 0.2) is 24.3 Å². The number of allylic oxidation sites excluding steroid dienone is 4. The monoisotopic (exact) mass is 517 g/mol. The van der Waals surface area contributed by atoms with Gasteiger partial charge in [-0.15, -0.1) is 0 Å². The molecule has 0 unspecified atom stereocenters. The predicted octanol–water partition coefficient (Wildman–Crippen LogP) is 8.84. The van der Waals surface area contributed by atoms with Gasteiger partial charge in [-0.3, -0.25) is 14.3 Å². The Bertz CT molecular complexity index is 638. The van der Waals surface area contributed by atoms with Crippen LogP contribution >= 0.6 is 0 Å². The quantitative estimate of drug-likeness (QED) is 0.0525. The zero-order chi connectivity index (χ0) is 26.8. The molecule has 0 aromatic rings. The molecule has 4 nitrogen and oxygen atoms in total. The summed E-state index contributed by atoms with van der Waals surface area (Å²) in [5.74, 6) is 1.42. The summed E-state index contributed by atoms with van der Waals surface area (Å²) in [5.41, 5.74) is 0. The Morgan fingerprint density at radius 1 is 0.784 bits per heavy atom. The molecule has 0 bridgehead atoms. The van der Waals surface area contributed by atoms with Gasteiger partial charge in [-0.25, -0.2) is 0 Å². The number of amidine groups is 1. The van der Waals surface area contributed by atoms with Crippen molar-refractivity contribution in [2.75, 3.05) is 33.3 Å². The lowest BCUT2D eigenvalue weighted by molar-refractivity contribution is -0.487. The van der Waals surface area contributed by atoms with E-state index in [0.717, 1.165) is 45.3 Å². The highest BCUT2D eigenvalue weighted by molar-refractivity contribution is 5.78. The minimum Gasteiger partial charge on any atom is -0.462 e. The van der Waals surface area contributed by atoms with Crippen molar-refractivity contribution in [2.24, 2.45) is 0 Å². The fraction of sp³-hybridized carbons (Fsp3) is 0.818. The number of esters is 1. The first-order chi connectivity index (χ1) is 18.2. The largest absolute Gasteiger partial charge is 0.462 e. The molecule has 1 aliphatic heterocycles. The van der Waals surface area contributed by atoms with Gasteiger partial charge in [0.25, 0.3) is 0 Å². The summed E-state index contributed by atoms with van der Waals surface area (Å²) < 4.78 is 7.95. The van der Waals surface area contributed by atoms with Gasteiger partial charge < -0.3 is 4.74 Å². The van der Waals surface area contributed by atoms with Gasteiger partial charge in [0.2, 0.25) is 5.84 Å². The van der Waals surface area contributed by atoms with Crippen molar-refractivity contribution in [3.05, 3.63) is 24.3 Å². The minimum atomic E-state index is -0.0219. The van der Waals surface area contributed by atoms with Crippen molar-refractivity contribution in [1.82, 2.24) is 4.90 Å². The zero-order valence-electron chi connectivity index (χ0n) is 25.0. The van der Waals surface area contributed by atoms with E-state index in [-0.39, 0.29) is 5.97 Å². The molecule has 0 radical (unpaired) electrons. The summed E-state index contributed by atoms with van der Waals surface area (Å²) in [4.78, 5) is 14.5. The van der Waals surface area contributed by atoms with Crippen LogP contribution in [0.3, 0.4) is 0 Å². The Labute approximate surface area is 230 Å². The predicted molar refractivity (Wildman–Crippen MR) is 161 cm³/mol. The number of hydrogen-bond acceptors (Lipinski definition) is 3. The van der Waals surface area contributed by atoms with Gasteiger partial charge in [-0.1, -0.05) is 95.9 Å². The van der Waals surface area contributed by atoms with E-state index in [1.807, 2.05) is 0 Å². The molecule has 0 fully saturated rings. The van der Waals surface area contributed by atoms with Gasteiger partial charge >= 0.3 is 5.97 Å². The van der Waals surface area contributed by atoms with Crippen LogP contribution in [0.1, 0.15) is 142 Å². The van der Waals surface area contributed by atoms with E-state index in [0.29, 0.717) is 13.0 Å². The van der Waals surface area contributed by atoms with Crippen molar-refractivity contribution >= 4 is 11.8 Å². The molecule has 214 valence electrons. The number of likely N-dealkylation sites (N-methyl/N-ethyl adjacent to an activating group) is 1. The van der Waals surface area contributed by atoms with E-state index in [1.165, 1.54) is 102 Å². The highest BCUT2D eigenvalue weighted by atomic mass is 16.5. The second kappa shape index (κ2) is 24.7. The average Bonchev–Trinajstić information content (AvgIpc) is 3.24. The first-order valence-electron chi connectivity index (χ1n) is 16.0. The van der Waals surface area contributed by atoms with Crippen LogP contribution in [0.4, 0.5) is 0 Å². The molecule has 1 aliphatic rings. The number of unbranched alkanes of at least 4 members (excludes halogenated alkanes) is 14. The number of rotatable bonds is 25. The van der Waals surface area contributed by atoms with Crippen molar-refractivity contribution < 1.29 is 14.1 Å². The van der Waals surface area contributed by atoms with Crippen LogP contribution in [0.5, 0.6) is 0 Å². The first-order valence-corrected chi connectivity index (χ1v) is 16.0. The molecular weight excluding hydrogens is 456 g/mol. The Morgan fingerprint density at radius 2 is 1.35 bits per heavy atom. The van der Waals surface area contributed by atoms with Crippen molar-refractivity contribution in [3.63, 3.8) is 0 Å². The van der Waals surface area contributed by atoms with E-state index in [2.05, 4.69) is 54.7 Å². The standard InChI is InChI=1S/C33H61N2O2/c1-4-6-8-10-12-14-15-16-17-19-20-22-24-26-32-34(3)28-29-35(32)30-31-37-33(36)27-25-23-21-18-13-11-9-7-5-2/h7,9,14-15H,4-6,8,10-13,16-31H2,1-3H3/q+1. The normalized spacial score (nSPS) is 14.1. The van der Waals surface area contributed by atoms with E-state index < -0.39 is 0 Å². The van der Waals surface area contributed by atoms with Gasteiger partial charge in [0.15, 0.2) is 0 Å². The number of ether oxygens (including phenoxy) is 1. The molecule has 0 aromatic heterocycles. The smallest absolute Gasteiger partial charge is 0.305 e. The summed E-state index contributed by atoms with van der Waals surface area (Å²) >= 11 is 0. The molecule has 0 spiro atoms. The second-order valence-corrected chi connectivity index (χ2v) is 10.9. The number of hydrogen-bond donors (Lipinski definition) is 0. The highest BCUT2D eigenvalue weighted by Gasteiger charge is 2.27. The van der Waals surface area contributed by atoms with Crippen LogP contribution in [0, 0.1) is 0 Å². The molecule has 1 heterocycles.